The van der Waals surface area contributed by atoms with Crippen molar-refractivity contribution in [3.8, 4) is 0 Å². The molecule has 0 aliphatic carbocycles. The van der Waals surface area contributed by atoms with Crippen LogP contribution in [-0.4, -0.2) is 49.3 Å². The minimum absolute atomic E-state index is 0.0541. The van der Waals surface area contributed by atoms with Crippen molar-refractivity contribution in [3.63, 3.8) is 0 Å². The Morgan fingerprint density at radius 2 is 0.912 bits per heavy atom. The summed E-state index contributed by atoms with van der Waals surface area (Å²) in [5.74, 6) is -0.826. The fraction of sp³-hybridized carbons (Fsp3) is 0.872. The highest BCUT2D eigenvalue weighted by atomic mass is 31.2. The van der Waals surface area contributed by atoms with Crippen LogP contribution in [0.5, 0.6) is 0 Å². The van der Waals surface area contributed by atoms with Gasteiger partial charge in [0.05, 0.1) is 13.2 Å². The molecule has 0 heterocycles. The van der Waals surface area contributed by atoms with Crippen LogP contribution in [-0.2, 0) is 32.7 Å². The van der Waals surface area contributed by atoms with Crippen molar-refractivity contribution in [1.29, 1.82) is 0 Å². The van der Waals surface area contributed by atoms with E-state index in [0.29, 0.717) is 6.42 Å². The standard InChI is InChI=1S/C47H90NO8P/c1-3-5-7-9-11-13-15-17-19-21-22-24-26-28-30-32-34-36-38-40-47(50)56-45(44-55-57(51,52)54-42-41-48)43-53-46(49)39-37-35-33-31-29-27-25-23-20-18-16-14-12-10-8-6-4-2/h12,14,18,20,45H,3-11,13,15-17,19,21-44,48H2,1-2H3,(H,51,52). The molecule has 0 saturated heterocycles. The molecule has 9 nitrogen and oxygen atoms in total. The normalized spacial score (nSPS) is 13.4. The second kappa shape index (κ2) is 44.1. The van der Waals surface area contributed by atoms with Gasteiger partial charge in [-0.1, -0.05) is 199 Å². The maximum atomic E-state index is 12.6. The Kier molecular flexibility index (Phi) is 42.9. The second-order valence-corrected chi connectivity index (χ2v) is 17.4. The SMILES string of the molecule is CCCCCC=CCC=CCCCCCCCCCC(=O)OCC(COP(=O)(O)OCCN)OC(=O)CCCCCCCCCCCCCCCCCCCCC. The van der Waals surface area contributed by atoms with Gasteiger partial charge < -0.3 is 20.1 Å². The van der Waals surface area contributed by atoms with Crippen LogP contribution in [0.4, 0.5) is 0 Å². The third kappa shape index (κ3) is 43.9. The summed E-state index contributed by atoms with van der Waals surface area (Å²) in [5, 5.41) is 0. The van der Waals surface area contributed by atoms with Gasteiger partial charge in [-0.3, -0.25) is 18.6 Å². The summed E-state index contributed by atoms with van der Waals surface area (Å²) in [6, 6.07) is 0. The van der Waals surface area contributed by atoms with Gasteiger partial charge in [-0.2, -0.15) is 0 Å². The smallest absolute Gasteiger partial charge is 0.462 e. The number of unbranched alkanes of at least 4 members (excludes halogenated alkanes) is 28. The predicted octanol–water partition coefficient (Wildman–Crippen LogP) is 13.9. The van der Waals surface area contributed by atoms with Gasteiger partial charge in [0.15, 0.2) is 6.10 Å². The molecule has 2 atom stereocenters. The molecule has 0 saturated carbocycles. The first-order chi connectivity index (χ1) is 27.8. The number of nitrogens with two attached hydrogens (primary N) is 1. The van der Waals surface area contributed by atoms with Crippen molar-refractivity contribution < 1.29 is 37.6 Å². The monoisotopic (exact) mass is 828 g/mol. The summed E-state index contributed by atoms with van der Waals surface area (Å²) in [5.41, 5.74) is 5.36. The number of hydrogen-bond donors (Lipinski definition) is 2. The Morgan fingerprint density at radius 1 is 0.526 bits per heavy atom. The molecule has 10 heteroatoms. The van der Waals surface area contributed by atoms with Crippen molar-refractivity contribution in [2.45, 2.75) is 238 Å². The van der Waals surface area contributed by atoms with Crippen LogP contribution in [0.25, 0.3) is 0 Å². The first-order valence-corrected chi connectivity index (χ1v) is 25.3. The van der Waals surface area contributed by atoms with E-state index in [0.717, 1.165) is 51.4 Å². The number of rotatable bonds is 45. The van der Waals surface area contributed by atoms with Crippen LogP contribution in [0, 0.1) is 0 Å². The largest absolute Gasteiger partial charge is 0.472 e. The molecular formula is C47H90NO8P. The summed E-state index contributed by atoms with van der Waals surface area (Å²) in [7, 11) is -4.38. The van der Waals surface area contributed by atoms with Gasteiger partial charge in [-0.05, 0) is 44.9 Å². The molecule has 0 rings (SSSR count). The highest BCUT2D eigenvalue weighted by molar-refractivity contribution is 7.47. The molecule has 0 spiro atoms. The molecule has 0 aliphatic heterocycles. The van der Waals surface area contributed by atoms with E-state index in [2.05, 4.69) is 38.2 Å². The lowest BCUT2D eigenvalue weighted by molar-refractivity contribution is -0.161. The van der Waals surface area contributed by atoms with Crippen LogP contribution in [0.1, 0.15) is 232 Å². The van der Waals surface area contributed by atoms with E-state index >= 15 is 0 Å². The van der Waals surface area contributed by atoms with Crippen molar-refractivity contribution in [2.24, 2.45) is 5.73 Å². The van der Waals surface area contributed by atoms with Crippen molar-refractivity contribution >= 4 is 19.8 Å². The zero-order chi connectivity index (χ0) is 41.8. The van der Waals surface area contributed by atoms with Crippen LogP contribution < -0.4 is 5.73 Å². The molecule has 0 amide bonds. The maximum absolute atomic E-state index is 12.6. The molecule has 3 N–H and O–H groups in total. The Labute approximate surface area is 351 Å². The van der Waals surface area contributed by atoms with Crippen LogP contribution in [0.15, 0.2) is 24.3 Å². The zero-order valence-electron chi connectivity index (χ0n) is 37.1. The van der Waals surface area contributed by atoms with Gasteiger partial charge in [0.25, 0.3) is 0 Å². The fourth-order valence-corrected chi connectivity index (χ4v) is 7.55. The van der Waals surface area contributed by atoms with Gasteiger partial charge >= 0.3 is 19.8 Å². The van der Waals surface area contributed by atoms with E-state index in [4.69, 9.17) is 24.3 Å². The summed E-state index contributed by atoms with van der Waals surface area (Å²) < 4.78 is 32.9. The van der Waals surface area contributed by atoms with E-state index in [1.165, 1.54) is 148 Å². The molecule has 57 heavy (non-hydrogen) atoms. The van der Waals surface area contributed by atoms with E-state index in [-0.39, 0.29) is 38.6 Å². The molecule has 0 aromatic carbocycles. The number of hydrogen-bond acceptors (Lipinski definition) is 8. The first kappa shape index (κ1) is 55.5. The summed E-state index contributed by atoms with van der Waals surface area (Å²) in [6.45, 7) is 3.74. The first-order valence-electron chi connectivity index (χ1n) is 23.8. The number of carbonyl (C=O) groups excluding carboxylic acids is 2. The van der Waals surface area contributed by atoms with Gasteiger partial charge in [0, 0.05) is 19.4 Å². The average Bonchev–Trinajstić information content (AvgIpc) is 3.20. The van der Waals surface area contributed by atoms with Gasteiger partial charge in [0.2, 0.25) is 0 Å². The van der Waals surface area contributed by atoms with E-state index < -0.39 is 26.5 Å². The zero-order valence-corrected chi connectivity index (χ0v) is 38.0. The minimum Gasteiger partial charge on any atom is -0.462 e. The number of carbonyl (C=O) groups is 2. The van der Waals surface area contributed by atoms with E-state index in [1.807, 2.05) is 0 Å². The molecule has 0 aromatic rings. The summed E-state index contributed by atoms with van der Waals surface area (Å²) in [6.07, 6.45) is 47.8. The Hall–Kier alpha value is -1.51. The quantitative estimate of drug-likeness (QED) is 0.0266. The molecule has 0 aliphatic rings. The molecule has 0 radical (unpaired) electrons. The van der Waals surface area contributed by atoms with Crippen molar-refractivity contribution in [2.75, 3.05) is 26.4 Å². The number of ether oxygens (including phenoxy) is 2. The molecule has 0 fully saturated rings. The molecule has 0 aromatic heterocycles. The van der Waals surface area contributed by atoms with Crippen molar-refractivity contribution in [3.05, 3.63) is 24.3 Å². The number of esters is 2. The maximum Gasteiger partial charge on any atom is 0.472 e. The Bertz CT molecular complexity index is 990. The summed E-state index contributed by atoms with van der Waals surface area (Å²) in [4.78, 5) is 35.0. The lowest BCUT2D eigenvalue weighted by atomic mass is 10.0. The number of phosphoric ester groups is 1. The van der Waals surface area contributed by atoms with Crippen LogP contribution in [0.2, 0.25) is 0 Å². The van der Waals surface area contributed by atoms with Gasteiger partial charge in [0.1, 0.15) is 6.61 Å². The Balaban J connectivity index is 4.07. The van der Waals surface area contributed by atoms with Gasteiger partial charge in [-0.15, -0.1) is 0 Å². The predicted molar refractivity (Wildman–Crippen MR) is 238 cm³/mol. The average molecular weight is 828 g/mol. The lowest BCUT2D eigenvalue weighted by Gasteiger charge is -2.19. The van der Waals surface area contributed by atoms with Gasteiger partial charge in [-0.25, -0.2) is 4.57 Å². The fourth-order valence-electron chi connectivity index (χ4n) is 6.78. The van der Waals surface area contributed by atoms with Crippen molar-refractivity contribution in [1.82, 2.24) is 0 Å². The third-order valence-corrected chi connectivity index (χ3v) is 11.3. The second-order valence-electron chi connectivity index (χ2n) is 16.0. The molecular weight excluding hydrogens is 737 g/mol. The van der Waals surface area contributed by atoms with E-state index in [1.54, 1.807) is 0 Å². The summed E-state index contributed by atoms with van der Waals surface area (Å²) >= 11 is 0. The highest BCUT2D eigenvalue weighted by Gasteiger charge is 2.26. The Morgan fingerprint density at radius 3 is 1.37 bits per heavy atom. The number of phosphoric acid groups is 1. The van der Waals surface area contributed by atoms with Crippen LogP contribution in [0.3, 0.4) is 0 Å². The number of allylic oxidation sites excluding steroid dienone is 4. The highest BCUT2D eigenvalue weighted by Crippen LogP contribution is 2.43. The third-order valence-electron chi connectivity index (χ3n) is 10.3. The molecule has 336 valence electrons. The topological polar surface area (TPSA) is 134 Å². The van der Waals surface area contributed by atoms with E-state index in [9.17, 15) is 19.0 Å². The molecule has 0 bridgehead atoms. The molecule has 2 unspecified atom stereocenters. The van der Waals surface area contributed by atoms with Crippen LogP contribution >= 0.6 is 7.82 Å². The lowest BCUT2D eigenvalue weighted by Crippen LogP contribution is -2.29. The minimum atomic E-state index is -4.38.